The summed E-state index contributed by atoms with van der Waals surface area (Å²) in [5.41, 5.74) is 2.48. The summed E-state index contributed by atoms with van der Waals surface area (Å²) in [6.07, 6.45) is 2.77. The van der Waals surface area contributed by atoms with Crippen molar-refractivity contribution in [3.63, 3.8) is 0 Å². The van der Waals surface area contributed by atoms with Gasteiger partial charge in [0.1, 0.15) is 0 Å². The molecule has 2 heterocycles. The van der Waals surface area contributed by atoms with Gasteiger partial charge in [-0.3, -0.25) is 4.98 Å². The number of halogens is 1. The third kappa shape index (κ3) is 1.77. The molecule has 2 rings (SSSR count). The first kappa shape index (κ1) is 9.94. The predicted octanol–water partition coefficient (Wildman–Crippen LogP) is 2.58. The van der Waals surface area contributed by atoms with E-state index in [-0.39, 0.29) is 0 Å². The van der Waals surface area contributed by atoms with Gasteiger partial charge in [-0.2, -0.15) is 0 Å². The monoisotopic (exact) mass is 210 g/mol. The zero-order chi connectivity index (χ0) is 10.1. The molecule has 1 N–H and O–H groups in total. The molecule has 76 valence electrons. The first-order chi connectivity index (χ1) is 6.68. The number of hydrogen-bond acceptors (Lipinski definition) is 2. The van der Waals surface area contributed by atoms with Crippen molar-refractivity contribution < 1.29 is 0 Å². The average Bonchev–Trinajstić information content (AvgIpc) is 2.16. The van der Waals surface area contributed by atoms with E-state index in [0.717, 1.165) is 18.0 Å². The number of hydrogen-bond donors (Lipinski definition) is 1. The van der Waals surface area contributed by atoms with Crippen LogP contribution in [0.1, 0.15) is 31.1 Å². The van der Waals surface area contributed by atoms with Gasteiger partial charge in [0, 0.05) is 6.20 Å². The molecule has 0 bridgehead atoms. The third-order valence-corrected chi connectivity index (χ3v) is 2.89. The molecule has 1 aromatic heterocycles. The first-order valence-corrected chi connectivity index (χ1v) is 5.44. The van der Waals surface area contributed by atoms with Gasteiger partial charge in [-0.1, -0.05) is 25.4 Å². The summed E-state index contributed by atoms with van der Waals surface area (Å²) in [5.74, 6) is 0.572. The summed E-state index contributed by atoms with van der Waals surface area (Å²) >= 11 is 5.92. The highest BCUT2D eigenvalue weighted by atomic mass is 35.5. The molecule has 0 amide bonds. The molecule has 1 atom stereocenters. The summed E-state index contributed by atoms with van der Waals surface area (Å²) in [6.45, 7) is 5.45. The van der Waals surface area contributed by atoms with Crippen LogP contribution in [0.2, 0.25) is 5.02 Å². The number of nitrogens with zero attached hydrogens (tertiary/aromatic N) is 1. The maximum Gasteiger partial charge on any atom is 0.0609 e. The molecule has 0 fully saturated rings. The topological polar surface area (TPSA) is 24.9 Å². The van der Waals surface area contributed by atoms with E-state index in [2.05, 4.69) is 24.1 Å². The molecule has 0 spiro atoms. The smallest absolute Gasteiger partial charge is 0.0609 e. The van der Waals surface area contributed by atoms with Gasteiger partial charge in [-0.15, -0.1) is 0 Å². The Kier molecular flexibility index (Phi) is 2.75. The maximum atomic E-state index is 5.92. The zero-order valence-corrected chi connectivity index (χ0v) is 9.30. The molecule has 1 aliphatic heterocycles. The van der Waals surface area contributed by atoms with Crippen LogP contribution in [0.15, 0.2) is 12.3 Å². The van der Waals surface area contributed by atoms with Crippen LogP contribution in [0.3, 0.4) is 0 Å². The minimum absolute atomic E-state index is 0.385. The third-order valence-electron chi connectivity index (χ3n) is 2.69. The standard InChI is InChI=1S/C11H15ClN2/c1-7(2)10-11-8(3-4-13-10)5-9(12)6-14-11/h5-7,10,13H,3-4H2,1-2H3/t10-/m1/s1. The van der Waals surface area contributed by atoms with E-state index >= 15 is 0 Å². The van der Waals surface area contributed by atoms with E-state index in [1.807, 2.05) is 6.07 Å². The van der Waals surface area contributed by atoms with Crippen molar-refractivity contribution in [3.05, 3.63) is 28.5 Å². The summed E-state index contributed by atoms with van der Waals surface area (Å²) in [4.78, 5) is 4.43. The number of pyridine rings is 1. The Bertz CT molecular complexity index is 336. The van der Waals surface area contributed by atoms with Crippen molar-refractivity contribution in [2.45, 2.75) is 26.3 Å². The molecule has 3 heteroatoms. The molecule has 1 aliphatic rings. The molecule has 0 saturated heterocycles. The fraction of sp³-hybridized carbons (Fsp3) is 0.545. The van der Waals surface area contributed by atoms with E-state index in [0.29, 0.717) is 12.0 Å². The molecule has 0 radical (unpaired) electrons. The summed E-state index contributed by atoms with van der Waals surface area (Å²) in [5, 5.41) is 4.23. The second-order valence-electron chi connectivity index (χ2n) is 4.12. The molecule has 0 unspecified atom stereocenters. The lowest BCUT2D eigenvalue weighted by atomic mass is 9.92. The number of fused-ring (bicyclic) bond motifs is 1. The van der Waals surface area contributed by atoms with Crippen LogP contribution in [0.5, 0.6) is 0 Å². The maximum absolute atomic E-state index is 5.92. The minimum atomic E-state index is 0.385. The van der Waals surface area contributed by atoms with Crippen LogP contribution in [-0.2, 0) is 6.42 Å². The van der Waals surface area contributed by atoms with E-state index in [1.54, 1.807) is 6.20 Å². The highest BCUT2D eigenvalue weighted by molar-refractivity contribution is 6.30. The van der Waals surface area contributed by atoms with Gasteiger partial charge >= 0.3 is 0 Å². The van der Waals surface area contributed by atoms with Crippen molar-refractivity contribution in [2.75, 3.05) is 6.54 Å². The van der Waals surface area contributed by atoms with E-state index < -0.39 is 0 Å². The Morgan fingerprint density at radius 2 is 2.36 bits per heavy atom. The van der Waals surface area contributed by atoms with Crippen molar-refractivity contribution in [3.8, 4) is 0 Å². The summed E-state index contributed by atoms with van der Waals surface area (Å²) in [6, 6.07) is 2.43. The van der Waals surface area contributed by atoms with Gasteiger partial charge < -0.3 is 5.32 Å². The van der Waals surface area contributed by atoms with Gasteiger partial charge in [-0.05, 0) is 30.5 Å². The quantitative estimate of drug-likeness (QED) is 0.771. The van der Waals surface area contributed by atoms with Gasteiger partial charge in [-0.25, -0.2) is 0 Å². The van der Waals surface area contributed by atoms with Crippen LogP contribution in [-0.4, -0.2) is 11.5 Å². The molecule has 0 aliphatic carbocycles. The van der Waals surface area contributed by atoms with E-state index in [1.165, 1.54) is 11.3 Å². The molecule has 14 heavy (non-hydrogen) atoms. The molecule has 1 aromatic rings. The fourth-order valence-corrected chi connectivity index (χ4v) is 2.16. The van der Waals surface area contributed by atoms with E-state index in [4.69, 9.17) is 11.6 Å². The summed E-state index contributed by atoms with van der Waals surface area (Å²) in [7, 11) is 0. The molecule has 2 nitrogen and oxygen atoms in total. The highest BCUT2D eigenvalue weighted by Gasteiger charge is 2.23. The predicted molar refractivity (Wildman–Crippen MR) is 58.5 cm³/mol. The molecule has 0 saturated carbocycles. The molecule has 0 aromatic carbocycles. The molecular weight excluding hydrogens is 196 g/mol. The SMILES string of the molecule is CC(C)[C@H]1NCCc2cc(Cl)cnc21. The van der Waals surface area contributed by atoms with Crippen LogP contribution in [0.4, 0.5) is 0 Å². The Hall–Kier alpha value is -0.600. The Balaban J connectivity index is 2.40. The lowest BCUT2D eigenvalue weighted by molar-refractivity contribution is 0.386. The largest absolute Gasteiger partial charge is 0.308 e. The van der Waals surface area contributed by atoms with E-state index in [9.17, 15) is 0 Å². The average molecular weight is 211 g/mol. The zero-order valence-electron chi connectivity index (χ0n) is 8.55. The number of rotatable bonds is 1. The van der Waals surface area contributed by atoms with Crippen molar-refractivity contribution in [2.24, 2.45) is 5.92 Å². The Morgan fingerprint density at radius 1 is 1.57 bits per heavy atom. The van der Waals surface area contributed by atoms with Crippen LogP contribution >= 0.6 is 11.6 Å². The van der Waals surface area contributed by atoms with Crippen molar-refractivity contribution in [1.82, 2.24) is 10.3 Å². The Morgan fingerprint density at radius 3 is 3.07 bits per heavy atom. The Labute approximate surface area is 89.7 Å². The second-order valence-corrected chi connectivity index (χ2v) is 4.56. The second kappa shape index (κ2) is 3.87. The molecular formula is C11H15ClN2. The highest BCUT2D eigenvalue weighted by Crippen LogP contribution is 2.27. The number of nitrogens with one attached hydrogen (secondary N) is 1. The summed E-state index contributed by atoms with van der Waals surface area (Å²) < 4.78 is 0. The fourth-order valence-electron chi connectivity index (χ4n) is 1.98. The van der Waals surface area contributed by atoms with Crippen molar-refractivity contribution >= 4 is 11.6 Å². The minimum Gasteiger partial charge on any atom is -0.308 e. The lowest BCUT2D eigenvalue weighted by Gasteiger charge is -2.28. The van der Waals surface area contributed by atoms with Gasteiger partial charge in [0.15, 0.2) is 0 Å². The van der Waals surface area contributed by atoms with Gasteiger partial charge in [0.25, 0.3) is 0 Å². The van der Waals surface area contributed by atoms with Crippen molar-refractivity contribution in [1.29, 1.82) is 0 Å². The van der Waals surface area contributed by atoms with Gasteiger partial charge in [0.2, 0.25) is 0 Å². The first-order valence-electron chi connectivity index (χ1n) is 5.06. The number of aromatic nitrogens is 1. The lowest BCUT2D eigenvalue weighted by Crippen LogP contribution is -2.33. The van der Waals surface area contributed by atoms with Crippen LogP contribution in [0.25, 0.3) is 0 Å². The normalized spacial score (nSPS) is 21.0. The van der Waals surface area contributed by atoms with Crippen LogP contribution in [0, 0.1) is 5.92 Å². The van der Waals surface area contributed by atoms with Gasteiger partial charge in [0.05, 0.1) is 16.8 Å². The van der Waals surface area contributed by atoms with Crippen LogP contribution < -0.4 is 5.32 Å².